The SMILES string of the molecule is CNCCc1ccccc1C(=O)N1CCN(c2ccccc2O)CC1. The van der Waals surface area contributed by atoms with Crippen LogP contribution in [0.4, 0.5) is 5.69 Å². The lowest BCUT2D eigenvalue weighted by Crippen LogP contribution is -2.49. The molecule has 1 saturated heterocycles. The first kappa shape index (κ1) is 17.3. The van der Waals surface area contributed by atoms with Gasteiger partial charge in [0.15, 0.2) is 0 Å². The molecule has 132 valence electrons. The number of phenolic OH excluding ortho intramolecular Hbond substituents is 1. The molecule has 1 fully saturated rings. The third-order valence-electron chi connectivity index (χ3n) is 4.68. The molecule has 2 aromatic rings. The summed E-state index contributed by atoms with van der Waals surface area (Å²) in [5, 5.41) is 13.1. The Bertz CT molecular complexity index is 724. The zero-order chi connectivity index (χ0) is 17.6. The molecule has 0 radical (unpaired) electrons. The van der Waals surface area contributed by atoms with Gasteiger partial charge >= 0.3 is 0 Å². The Hall–Kier alpha value is -2.53. The van der Waals surface area contributed by atoms with E-state index in [9.17, 15) is 9.90 Å². The number of phenols is 1. The van der Waals surface area contributed by atoms with Gasteiger partial charge in [0.25, 0.3) is 5.91 Å². The van der Waals surface area contributed by atoms with E-state index in [-0.39, 0.29) is 5.91 Å². The molecule has 1 aliphatic rings. The van der Waals surface area contributed by atoms with Gasteiger partial charge in [-0.2, -0.15) is 0 Å². The van der Waals surface area contributed by atoms with Crippen molar-refractivity contribution in [3.63, 3.8) is 0 Å². The second-order valence-corrected chi connectivity index (χ2v) is 6.28. The molecular weight excluding hydrogens is 314 g/mol. The van der Waals surface area contributed by atoms with Crippen molar-refractivity contribution in [3.05, 3.63) is 59.7 Å². The van der Waals surface area contributed by atoms with Crippen LogP contribution in [0.5, 0.6) is 5.75 Å². The number of hydrogen-bond donors (Lipinski definition) is 2. The number of para-hydroxylation sites is 2. The Morgan fingerprint density at radius 2 is 1.72 bits per heavy atom. The number of anilines is 1. The summed E-state index contributed by atoms with van der Waals surface area (Å²) < 4.78 is 0. The van der Waals surface area contributed by atoms with Gasteiger partial charge in [-0.15, -0.1) is 0 Å². The lowest BCUT2D eigenvalue weighted by molar-refractivity contribution is 0.0745. The van der Waals surface area contributed by atoms with Crippen molar-refractivity contribution in [1.29, 1.82) is 0 Å². The number of hydrogen-bond acceptors (Lipinski definition) is 4. The molecule has 0 bridgehead atoms. The van der Waals surface area contributed by atoms with Crippen LogP contribution in [0, 0.1) is 0 Å². The molecule has 0 aliphatic carbocycles. The number of piperazine rings is 1. The number of likely N-dealkylation sites (N-methyl/N-ethyl adjacent to an activating group) is 1. The Labute approximate surface area is 148 Å². The standard InChI is InChI=1S/C20H25N3O2/c1-21-11-10-16-6-2-3-7-17(16)20(25)23-14-12-22(13-15-23)18-8-4-5-9-19(18)24/h2-9,21,24H,10-15H2,1H3. The smallest absolute Gasteiger partial charge is 0.254 e. The second kappa shape index (κ2) is 8.03. The highest BCUT2D eigenvalue weighted by Crippen LogP contribution is 2.27. The van der Waals surface area contributed by atoms with Crippen LogP contribution in [0.15, 0.2) is 48.5 Å². The Morgan fingerprint density at radius 3 is 2.44 bits per heavy atom. The van der Waals surface area contributed by atoms with Crippen molar-refractivity contribution in [3.8, 4) is 5.75 Å². The number of carbonyl (C=O) groups is 1. The first-order chi connectivity index (χ1) is 12.2. The van der Waals surface area contributed by atoms with Gasteiger partial charge in [-0.05, 0) is 43.8 Å². The summed E-state index contributed by atoms with van der Waals surface area (Å²) in [6.45, 7) is 3.62. The van der Waals surface area contributed by atoms with Crippen LogP contribution in [0.3, 0.4) is 0 Å². The van der Waals surface area contributed by atoms with E-state index in [1.165, 1.54) is 0 Å². The van der Waals surface area contributed by atoms with E-state index in [1.54, 1.807) is 6.07 Å². The summed E-state index contributed by atoms with van der Waals surface area (Å²) in [7, 11) is 1.92. The summed E-state index contributed by atoms with van der Waals surface area (Å²) >= 11 is 0. The Balaban J connectivity index is 1.67. The molecule has 25 heavy (non-hydrogen) atoms. The van der Waals surface area contributed by atoms with Crippen molar-refractivity contribution in [2.24, 2.45) is 0 Å². The number of aromatic hydroxyl groups is 1. The number of nitrogens with one attached hydrogen (secondary N) is 1. The minimum absolute atomic E-state index is 0.101. The Morgan fingerprint density at radius 1 is 1.04 bits per heavy atom. The van der Waals surface area contributed by atoms with Gasteiger partial charge in [-0.25, -0.2) is 0 Å². The summed E-state index contributed by atoms with van der Waals surface area (Å²) in [6.07, 6.45) is 0.844. The van der Waals surface area contributed by atoms with Gasteiger partial charge in [0.2, 0.25) is 0 Å². The summed E-state index contributed by atoms with van der Waals surface area (Å²) in [5.74, 6) is 0.392. The second-order valence-electron chi connectivity index (χ2n) is 6.28. The third-order valence-corrected chi connectivity index (χ3v) is 4.68. The highest BCUT2D eigenvalue weighted by Gasteiger charge is 2.24. The molecule has 0 atom stereocenters. The zero-order valence-electron chi connectivity index (χ0n) is 14.6. The highest BCUT2D eigenvalue weighted by molar-refractivity contribution is 5.95. The van der Waals surface area contributed by atoms with Crippen molar-refractivity contribution in [2.75, 3.05) is 44.7 Å². The maximum Gasteiger partial charge on any atom is 0.254 e. The summed E-state index contributed by atoms with van der Waals surface area (Å²) in [4.78, 5) is 17.0. The van der Waals surface area contributed by atoms with Crippen LogP contribution in [0.25, 0.3) is 0 Å². The van der Waals surface area contributed by atoms with Gasteiger partial charge in [-0.1, -0.05) is 30.3 Å². The van der Waals surface area contributed by atoms with Gasteiger partial charge in [0, 0.05) is 31.7 Å². The molecule has 1 aliphatic heterocycles. The lowest BCUT2D eigenvalue weighted by atomic mass is 10.0. The van der Waals surface area contributed by atoms with Crippen molar-refractivity contribution < 1.29 is 9.90 Å². The van der Waals surface area contributed by atoms with E-state index < -0.39 is 0 Å². The van der Waals surface area contributed by atoms with E-state index in [4.69, 9.17) is 0 Å². The molecule has 1 amide bonds. The van der Waals surface area contributed by atoms with Crippen molar-refractivity contribution >= 4 is 11.6 Å². The van der Waals surface area contributed by atoms with Crippen LogP contribution < -0.4 is 10.2 Å². The van der Waals surface area contributed by atoms with E-state index in [1.807, 2.05) is 54.4 Å². The summed E-state index contributed by atoms with van der Waals surface area (Å²) in [6, 6.07) is 15.2. The molecule has 0 spiro atoms. The van der Waals surface area contributed by atoms with Crippen LogP contribution in [-0.2, 0) is 6.42 Å². The zero-order valence-corrected chi connectivity index (χ0v) is 14.6. The fraction of sp³-hybridized carbons (Fsp3) is 0.350. The van der Waals surface area contributed by atoms with Gasteiger partial charge < -0.3 is 20.2 Å². The van der Waals surface area contributed by atoms with E-state index >= 15 is 0 Å². The largest absolute Gasteiger partial charge is 0.506 e. The fourth-order valence-electron chi connectivity index (χ4n) is 3.26. The number of amides is 1. The molecule has 2 aromatic carbocycles. The Kier molecular flexibility index (Phi) is 5.56. The minimum atomic E-state index is 0.101. The molecule has 0 aromatic heterocycles. The lowest BCUT2D eigenvalue weighted by Gasteiger charge is -2.36. The van der Waals surface area contributed by atoms with E-state index in [0.29, 0.717) is 18.8 Å². The predicted molar refractivity (Wildman–Crippen MR) is 100 cm³/mol. The predicted octanol–water partition coefficient (Wildman–Crippen LogP) is 2.12. The van der Waals surface area contributed by atoms with Gasteiger partial charge in [-0.3, -0.25) is 4.79 Å². The maximum atomic E-state index is 12.9. The first-order valence-corrected chi connectivity index (χ1v) is 8.75. The van der Waals surface area contributed by atoms with Crippen LogP contribution in [0.2, 0.25) is 0 Å². The number of rotatable bonds is 5. The van der Waals surface area contributed by atoms with Gasteiger partial charge in [0.1, 0.15) is 5.75 Å². The van der Waals surface area contributed by atoms with E-state index in [0.717, 1.165) is 42.9 Å². The molecular formula is C20H25N3O2. The first-order valence-electron chi connectivity index (χ1n) is 8.75. The normalized spacial score (nSPS) is 14.6. The molecule has 1 heterocycles. The van der Waals surface area contributed by atoms with Crippen molar-refractivity contribution in [2.45, 2.75) is 6.42 Å². The maximum absolute atomic E-state index is 12.9. The topological polar surface area (TPSA) is 55.8 Å². The molecule has 5 nitrogen and oxygen atoms in total. The van der Waals surface area contributed by atoms with Crippen LogP contribution >= 0.6 is 0 Å². The van der Waals surface area contributed by atoms with Crippen molar-refractivity contribution in [1.82, 2.24) is 10.2 Å². The quantitative estimate of drug-likeness (QED) is 0.876. The fourth-order valence-corrected chi connectivity index (χ4v) is 3.26. The summed E-state index contributed by atoms with van der Waals surface area (Å²) in [5.41, 5.74) is 2.72. The van der Waals surface area contributed by atoms with E-state index in [2.05, 4.69) is 10.2 Å². The average molecular weight is 339 g/mol. The number of carbonyl (C=O) groups excluding carboxylic acids is 1. The monoisotopic (exact) mass is 339 g/mol. The molecule has 5 heteroatoms. The highest BCUT2D eigenvalue weighted by atomic mass is 16.3. The molecule has 3 rings (SSSR count). The molecule has 0 saturated carbocycles. The van der Waals surface area contributed by atoms with Gasteiger partial charge in [0.05, 0.1) is 5.69 Å². The molecule has 2 N–H and O–H groups in total. The third kappa shape index (κ3) is 3.94. The van der Waals surface area contributed by atoms with Crippen LogP contribution in [0.1, 0.15) is 15.9 Å². The minimum Gasteiger partial charge on any atom is -0.506 e. The average Bonchev–Trinajstić information content (AvgIpc) is 2.66. The number of nitrogens with zero attached hydrogens (tertiary/aromatic N) is 2. The van der Waals surface area contributed by atoms with Crippen LogP contribution in [-0.4, -0.2) is 55.7 Å². The number of benzene rings is 2. The molecule has 0 unspecified atom stereocenters.